The summed E-state index contributed by atoms with van der Waals surface area (Å²) in [6.45, 7) is 5.92. The summed E-state index contributed by atoms with van der Waals surface area (Å²) >= 11 is 0. The standard InChI is InChI=1S/C20H24N4O3/c1-12-9-17(23-27-12)20(26)22-16-7-8-24(11-19(16)25)10-18-13(2)14-5-3-4-6-15(14)21-18/h3-6,9,16,19,21,25H,7-8,10-11H2,1-2H3,(H,22,26). The van der Waals surface area contributed by atoms with Crippen LogP contribution in [0.25, 0.3) is 10.9 Å². The minimum Gasteiger partial charge on any atom is -0.390 e. The van der Waals surface area contributed by atoms with Gasteiger partial charge in [0, 0.05) is 42.3 Å². The third kappa shape index (κ3) is 3.61. The number of rotatable bonds is 4. The van der Waals surface area contributed by atoms with E-state index in [0.717, 1.165) is 18.6 Å². The average Bonchev–Trinajstić information content (AvgIpc) is 3.22. The van der Waals surface area contributed by atoms with Gasteiger partial charge in [0.2, 0.25) is 0 Å². The van der Waals surface area contributed by atoms with Gasteiger partial charge < -0.3 is 19.9 Å². The number of amides is 1. The third-order valence-electron chi connectivity index (χ3n) is 5.29. The Morgan fingerprint density at radius 1 is 1.41 bits per heavy atom. The van der Waals surface area contributed by atoms with Crippen LogP contribution in [0.3, 0.4) is 0 Å². The maximum Gasteiger partial charge on any atom is 0.273 e. The van der Waals surface area contributed by atoms with Gasteiger partial charge in [-0.2, -0.15) is 0 Å². The van der Waals surface area contributed by atoms with Crippen molar-refractivity contribution in [2.24, 2.45) is 0 Å². The minimum absolute atomic E-state index is 0.246. The van der Waals surface area contributed by atoms with Gasteiger partial charge in [0.15, 0.2) is 5.69 Å². The summed E-state index contributed by atoms with van der Waals surface area (Å²) in [6.07, 6.45) is 0.0589. The van der Waals surface area contributed by atoms with E-state index in [1.54, 1.807) is 13.0 Å². The van der Waals surface area contributed by atoms with Crippen LogP contribution >= 0.6 is 0 Å². The second kappa shape index (κ2) is 7.17. The smallest absolute Gasteiger partial charge is 0.273 e. The number of H-pyrrole nitrogens is 1. The summed E-state index contributed by atoms with van der Waals surface area (Å²) in [5.74, 6) is 0.278. The van der Waals surface area contributed by atoms with Gasteiger partial charge in [-0.25, -0.2) is 0 Å². The minimum atomic E-state index is -0.625. The zero-order valence-electron chi connectivity index (χ0n) is 15.5. The van der Waals surface area contributed by atoms with Crippen LogP contribution in [-0.4, -0.2) is 51.3 Å². The van der Waals surface area contributed by atoms with Crippen LogP contribution in [0, 0.1) is 13.8 Å². The summed E-state index contributed by atoms with van der Waals surface area (Å²) < 4.78 is 4.94. The highest BCUT2D eigenvalue weighted by molar-refractivity contribution is 5.92. The maximum absolute atomic E-state index is 12.2. The monoisotopic (exact) mass is 368 g/mol. The fraction of sp³-hybridized carbons (Fsp3) is 0.400. The van der Waals surface area contributed by atoms with Crippen LogP contribution in [0.2, 0.25) is 0 Å². The number of aliphatic hydroxyl groups excluding tert-OH is 1. The van der Waals surface area contributed by atoms with Crippen molar-refractivity contribution in [2.45, 2.75) is 39.0 Å². The molecule has 1 fully saturated rings. The summed E-state index contributed by atoms with van der Waals surface area (Å²) in [5, 5.41) is 18.3. The van der Waals surface area contributed by atoms with E-state index >= 15 is 0 Å². The number of aromatic nitrogens is 2. The molecule has 1 amide bonds. The number of carbonyl (C=O) groups is 1. The molecule has 2 aromatic heterocycles. The number of aliphatic hydroxyl groups is 1. The topological polar surface area (TPSA) is 94.4 Å². The van der Waals surface area contributed by atoms with Crippen molar-refractivity contribution < 1.29 is 14.4 Å². The summed E-state index contributed by atoms with van der Waals surface area (Å²) in [6, 6.07) is 9.57. The van der Waals surface area contributed by atoms with Crippen molar-refractivity contribution in [1.29, 1.82) is 0 Å². The molecule has 0 saturated carbocycles. The number of nitrogens with zero attached hydrogens (tertiary/aromatic N) is 2. The lowest BCUT2D eigenvalue weighted by Crippen LogP contribution is -2.53. The largest absolute Gasteiger partial charge is 0.390 e. The van der Waals surface area contributed by atoms with Crippen molar-refractivity contribution in [3.63, 3.8) is 0 Å². The number of β-amino-alcohol motifs (C(OH)–C–C–N with tert-alkyl or cyclic N) is 1. The van der Waals surface area contributed by atoms with E-state index < -0.39 is 6.10 Å². The number of aryl methyl sites for hydroxylation is 2. The number of para-hydroxylation sites is 1. The fourth-order valence-corrected chi connectivity index (χ4v) is 3.74. The molecule has 1 aliphatic rings. The molecule has 27 heavy (non-hydrogen) atoms. The Bertz CT molecular complexity index is 961. The van der Waals surface area contributed by atoms with Gasteiger partial charge in [-0.05, 0) is 31.9 Å². The van der Waals surface area contributed by atoms with Crippen LogP contribution in [-0.2, 0) is 6.54 Å². The SMILES string of the molecule is Cc1cc(C(=O)NC2CCN(Cc3[nH]c4ccccc4c3C)CC2O)no1. The molecule has 0 aliphatic carbocycles. The van der Waals surface area contributed by atoms with Gasteiger partial charge in [-0.1, -0.05) is 23.4 Å². The van der Waals surface area contributed by atoms with Crippen molar-refractivity contribution in [1.82, 2.24) is 20.4 Å². The lowest BCUT2D eigenvalue weighted by molar-refractivity contribution is 0.0343. The molecule has 3 N–H and O–H groups in total. The van der Waals surface area contributed by atoms with Crippen LogP contribution in [0.1, 0.15) is 33.9 Å². The number of nitrogens with one attached hydrogen (secondary N) is 2. The number of piperidine rings is 1. The molecular weight excluding hydrogens is 344 g/mol. The van der Waals surface area contributed by atoms with Gasteiger partial charge in [0.05, 0.1) is 12.1 Å². The van der Waals surface area contributed by atoms with Crippen molar-refractivity contribution in [3.05, 3.63) is 53.0 Å². The predicted molar refractivity (Wildman–Crippen MR) is 101 cm³/mol. The van der Waals surface area contributed by atoms with E-state index in [1.165, 1.54) is 16.6 Å². The van der Waals surface area contributed by atoms with Crippen molar-refractivity contribution >= 4 is 16.8 Å². The molecule has 142 valence electrons. The predicted octanol–water partition coefficient (Wildman–Crippen LogP) is 2.14. The Morgan fingerprint density at radius 2 is 2.22 bits per heavy atom. The Morgan fingerprint density at radius 3 is 2.93 bits per heavy atom. The molecular formula is C20H24N4O3. The van der Waals surface area contributed by atoms with E-state index in [2.05, 4.69) is 39.4 Å². The van der Waals surface area contributed by atoms with E-state index in [4.69, 9.17) is 4.52 Å². The average molecular weight is 368 g/mol. The first-order valence-corrected chi connectivity index (χ1v) is 9.22. The van der Waals surface area contributed by atoms with Crippen molar-refractivity contribution in [3.8, 4) is 0 Å². The zero-order chi connectivity index (χ0) is 19.0. The lowest BCUT2D eigenvalue weighted by atomic mass is 10.0. The molecule has 0 spiro atoms. The number of hydrogen-bond donors (Lipinski definition) is 3. The molecule has 1 aliphatic heterocycles. The quantitative estimate of drug-likeness (QED) is 0.656. The molecule has 1 saturated heterocycles. The summed E-state index contributed by atoms with van der Waals surface area (Å²) in [4.78, 5) is 17.9. The van der Waals surface area contributed by atoms with E-state index in [1.807, 2.05) is 12.1 Å². The van der Waals surface area contributed by atoms with Crippen molar-refractivity contribution in [2.75, 3.05) is 13.1 Å². The number of fused-ring (bicyclic) bond motifs is 1. The maximum atomic E-state index is 12.2. The first kappa shape index (κ1) is 17.8. The Hall–Kier alpha value is -2.64. The molecule has 0 bridgehead atoms. The van der Waals surface area contributed by atoms with Crippen LogP contribution in [0.15, 0.2) is 34.9 Å². The van der Waals surface area contributed by atoms with Gasteiger partial charge in [-0.3, -0.25) is 9.69 Å². The number of benzene rings is 1. The second-order valence-electron chi connectivity index (χ2n) is 7.27. The van der Waals surface area contributed by atoms with Gasteiger partial charge >= 0.3 is 0 Å². The number of hydrogen-bond acceptors (Lipinski definition) is 5. The molecule has 1 aromatic carbocycles. The number of likely N-dealkylation sites (tertiary alicyclic amines) is 1. The van der Waals surface area contributed by atoms with E-state index in [-0.39, 0.29) is 17.6 Å². The molecule has 7 heteroatoms. The normalized spacial score (nSPS) is 20.9. The molecule has 0 radical (unpaired) electrons. The molecule has 7 nitrogen and oxygen atoms in total. The molecule has 2 unspecified atom stereocenters. The van der Waals surface area contributed by atoms with Crippen LogP contribution < -0.4 is 5.32 Å². The Kier molecular flexibility index (Phi) is 4.72. The number of carbonyl (C=O) groups excluding carboxylic acids is 1. The first-order valence-electron chi connectivity index (χ1n) is 9.22. The highest BCUT2D eigenvalue weighted by Crippen LogP contribution is 2.23. The van der Waals surface area contributed by atoms with Crippen LogP contribution in [0.4, 0.5) is 0 Å². The summed E-state index contributed by atoms with van der Waals surface area (Å²) in [7, 11) is 0. The van der Waals surface area contributed by atoms with Gasteiger partial charge in [-0.15, -0.1) is 0 Å². The third-order valence-corrected chi connectivity index (χ3v) is 5.29. The first-order chi connectivity index (χ1) is 13.0. The number of aromatic amines is 1. The highest BCUT2D eigenvalue weighted by atomic mass is 16.5. The van der Waals surface area contributed by atoms with Crippen LogP contribution in [0.5, 0.6) is 0 Å². The lowest BCUT2D eigenvalue weighted by Gasteiger charge is -2.36. The molecule has 2 atom stereocenters. The van der Waals surface area contributed by atoms with Gasteiger partial charge in [0.25, 0.3) is 5.91 Å². The Balaban J connectivity index is 1.38. The second-order valence-corrected chi connectivity index (χ2v) is 7.27. The Labute approximate surface area is 157 Å². The highest BCUT2D eigenvalue weighted by Gasteiger charge is 2.30. The molecule has 4 rings (SSSR count). The van der Waals surface area contributed by atoms with E-state index in [0.29, 0.717) is 18.7 Å². The fourth-order valence-electron chi connectivity index (χ4n) is 3.74. The summed E-state index contributed by atoms with van der Waals surface area (Å²) in [5.41, 5.74) is 3.80. The molecule has 3 aromatic rings. The molecule has 3 heterocycles. The van der Waals surface area contributed by atoms with Gasteiger partial charge in [0.1, 0.15) is 5.76 Å². The zero-order valence-corrected chi connectivity index (χ0v) is 15.5. The van der Waals surface area contributed by atoms with E-state index in [9.17, 15) is 9.90 Å².